The first-order valence-corrected chi connectivity index (χ1v) is 11.1. The van der Waals surface area contributed by atoms with Crippen molar-refractivity contribution in [3.8, 4) is 11.6 Å². The van der Waals surface area contributed by atoms with E-state index in [0.29, 0.717) is 60.3 Å². The van der Waals surface area contributed by atoms with Gasteiger partial charge in [-0.15, -0.1) is 0 Å². The van der Waals surface area contributed by atoms with Crippen LogP contribution in [-0.2, 0) is 10.2 Å². The molecule has 0 saturated carbocycles. The van der Waals surface area contributed by atoms with Crippen LogP contribution in [0, 0.1) is 13.8 Å². The molecular weight excluding hydrogens is 436 g/mol. The van der Waals surface area contributed by atoms with Crippen molar-refractivity contribution in [2.24, 2.45) is 0 Å². The standard InChI is InChI=1S/C24H22N6O4/c1-13-10-15(11-17-20(13)28-23(32)34-17)33-19-12-18(26-14(2)27-19)30-8-5-24(6-9-30)16-4-3-7-25-21(16)29-22(24)31/h3-4,7,10-12H,5-6,8-9H2,1-2H3,(H,28,32)(H,25,29,31). The van der Waals surface area contributed by atoms with Crippen molar-refractivity contribution in [2.75, 3.05) is 23.3 Å². The molecular formula is C24H22N6O4. The molecule has 0 unspecified atom stereocenters. The van der Waals surface area contributed by atoms with Crippen molar-refractivity contribution in [2.45, 2.75) is 32.1 Å². The number of piperidine rings is 1. The lowest BCUT2D eigenvalue weighted by Crippen LogP contribution is -2.46. The molecule has 10 heteroatoms. The van der Waals surface area contributed by atoms with E-state index in [2.05, 4.69) is 30.2 Å². The summed E-state index contributed by atoms with van der Waals surface area (Å²) in [7, 11) is 0. The molecule has 1 amide bonds. The number of hydrogen-bond acceptors (Lipinski definition) is 8. The van der Waals surface area contributed by atoms with Crippen molar-refractivity contribution in [1.29, 1.82) is 0 Å². The normalized spacial score (nSPS) is 16.6. The number of H-pyrrole nitrogens is 1. The summed E-state index contributed by atoms with van der Waals surface area (Å²) in [6.07, 6.45) is 3.03. The van der Waals surface area contributed by atoms with Crippen LogP contribution >= 0.6 is 0 Å². The number of aryl methyl sites for hydroxylation is 2. The van der Waals surface area contributed by atoms with Gasteiger partial charge in [-0.1, -0.05) is 6.07 Å². The second-order valence-corrected chi connectivity index (χ2v) is 8.76. The Hall–Kier alpha value is -4.21. The lowest BCUT2D eigenvalue weighted by molar-refractivity contribution is -0.121. The van der Waals surface area contributed by atoms with E-state index in [0.717, 1.165) is 16.9 Å². The van der Waals surface area contributed by atoms with Gasteiger partial charge in [0.2, 0.25) is 11.8 Å². The molecule has 4 aromatic rings. The fraction of sp³-hybridized carbons (Fsp3) is 0.292. The van der Waals surface area contributed by atoms with Gasteiger partial charge < -0.3 is 19.4 Å². The molecule has 1 aromatic carbocycles. The van der Waals surface area contributed by atoms with E-state index in [1.165, 1.54) is 0 Å². The Balaban J connectivity index is 1.25. The Morgan fingerprint density at radius 2 is 1.94 bits per heavy atom. The molecule has 0 aliphatic carbocycles. The van der Waals surface area contributed by atoms with Gasteiger partial charge in [-0.3, -0.25) is 9.78 Å². The largest absolute Gasteiger partial charge is 0.439 e. The number of fused-ring (bicyclic) bond motifs is 3. The summed E-state index contributed by atoms with van der Waals surface area (Å²) >= 11 is 0. The first-order valence-electron chi connectivity index (χ1n) is 11.1. The molecule has 1 saturated heterocycles. The van der Waals surface area contributed by atoms with E-state index < -0.39 is 11.2 Å². The second kappa shape index (κ2) is 7.41. The molecule has 6 rings (SSSR count). The third kappa shape index (κ3) is 3.21. The maximum Gasteiger partial charge on any atom is 0.417 e. The van der Waals surface area contributed by atoms with E-state index in [4.69, 9.17) is 9.15 Å². The third-order valence-corrected chi connectivity index (χ3v) is 6.66. The number of nitrogens with zero attached hydrogens (tertiary/aromatic N) is 4. The number of ether oxygens (including phenoxy) is 1. The fourth-order valence-corrected chi connectivity index (χ4v) is 4.96. The summed E-state index contributed by atoms with van der Waals surface area (Å²) in [6, 6.07) is 9.14. The molecule has 1 spiro atoms. The molecule has 1 fully saturated rings. The van der Waals surface area contributed by atoms with Crippen molar-refractivity contribution >= 4 is 28.6 Å². The average Bonchev–Trinajstić information content (AvgIpc) is 3.31. The van der Waals surface area contributed by atoms with Crippen molar-refractivity contribution < 1.29 is 13.9 Å². The van der Waals surface area contributed by atoms with Crippen LogP contribution in [0.4, 0.5) is 11.6 Å². The lowest BCUT2D eigenvalue weighted by atomic mass is 9.74. The summed E-state index contributed by atoms with van der Waals surface area (Å²) in [5.41, 5.74) is 2.33. The summed E-state index contributed by atoms with van der Waals surface area (Å²) in [5, 5.41) is 2.93. The van der Waals surface area contributed by atoms with Gasteiger partial charge in [-0.2, -0.15) is 4.98 Å². The number of anilines is 2. The van der Waals surface area contributed by atoms with Crippen LogP contribution in [0.1, 0.15) is 29.8 Å². The highest BCUT2D eigenvalue weighted by Crippen LogP contribution is 2.44. The molecule has 2 aliphatic rings. The first-order chi connectivity index (χ1) is 16.4. The molecule has 0 atom stereocenters. The molecule has 34 heavy (non-hydrogen) atoms. The van der Waals surface area contributed by atoms with E-state index in [-0.39, 0.29) is 5.91 Å². The van der Waals surface area contributed by atoms with Gasteiger partial charge in [0.05, 0.1) is 10.9 Å². The minimum Gasteiger partial charge on any atom is -0.439 e. The maximum absolute atomic E-state index is 12.8. The Labute approximate surface area is 194 Å². The van der Waals surface area contributed by atoms with Gasteiger partial charge in [0.1, 0.15) is 23.2 Å². The van der Waals surface area contributed by atoms with Gasteiger partial charge in [0.25, 0.3) is 0 Å². The van der Waals surface area contributed by atoms with Gasteiger partial charge >= 0.3 is 5.76 Å². The number of aromatic amines is 1. The molecule has 2 aliphatic heterocycles. The predicted molar refractivity (Wildman–Crippen MR) is 124 cm³/mol. The van der Waals surface area contributed by atoms with Crippen LogP contribution in [0.25, 0.3) is 11.1 Å². The van der Waals surface area contributed by atoms with Gasteiger partial charge in [0, 0.05) is 37.0 Å². The van der Waals surface area contributed by atoms with Crippen molar-refractivity contribution in [3.63, 3.8) is 0 Å². The minimum atomic E-state index is -0.547. The highest BCUT2D eigenvalue weighted by atomic mass is 16.5. The molecule has 5 heterocycles. The number of rotatable bonds is 3. The van der Waals surface area contributed by atoms with Gasteiger partial charge in [-0.25, -0.2) is 14.8 Å². The van der Waals surface area contributed by atoms with Crippen LogP contribution in [-0.4, -0.2) is 38.9 Å². The number of hydrogen-bond donors (Lipinski definition) is 2. The fourth-order valence-electron chi connectivity index (χ4n) is 4.96. The zero-order valence-electron chi connectivity index (χ0n) is 18.7. The topological polar surface area (TPSA) is 126 Å². The van der Waals surface area contributed by atoms with Crippen molar-refractivity contribution in [3.05, 3.63) is 64.0 Å². The van der Waals surface area contributed by atoms with E-state index in [9.17, 15) is 9.59 Å². The third-order valence-electron chi connectivity index (χ3n) is 6.66. The van der Waals surface area contributed by atoms with Crippen LogP contribution in [0.3, 0.4) is 0 Å². The Kier molecular flexibility index (Phi) is 4.44. The van der Waals surface area contributed by atoms with Crippen LogP contribution in [0.2, 0.25) is 0 Å². The second-order valence-electron chi connectivity index (χ2n) is 8.76. The van der Waals surface area contributed by atoms with E-state index in [1.807, 2.05) is 32.0 Å². The Morgan fingerprint density at radius 3 is 2.76 bits per heavy atom. The number of amides is 1. The maximum atomic E-state index is 12.8. The smallest absolute Gasteiger partial charge is 0.417 e. The number of oxazole rings is 1. The molecule has 0 radical (unpaired) electrons. The van der Waals surface area contributed by atoms with E-state index in [1.54, 1.807) is 18.3 Å². The molecule has 10 nitrogen and oxygen atoms in total. The zero-order valence-corrected chi connectivity index (χ0v) is 18.7. The lowest BCUT2D eigenvalue weighted by Gasteiger charge is -2.38. The van der Waals surface area contributed by atoms with Crippen LogP contribution < -0.4 is 20.7 Å². The Morgan fingerprint density at radius 1 is 1.12 bits per heavy atom. The number of pyridine rings is 1. The van der Waals surface area contributed by atoms with Crippen LogP contribution in [0.15, 0.2) is 45.7 Å². The monoisotopic (exact) mass is 458 g/mol. The summed E-state index contributed by atoms with van der Waals surface area (Å²) in [6.45, 7) is 5.01. The molecule has 172 valence electrons. The molecule has 0 bridgehead atoms. The zero-order chi connectivity index (χ0) is 23.4. The SMILES string of the molecule is Cc1nc(Oc2cc(C)c3[nH]c(=O)oc3c2)cc(N2CCC3(CC2)C(=O)Nc2ncccc23)n1. The summed E-state index contributed by atoms with van der Waals surface area (Å²) < 4.78 is 11.2. The number of carbonyl (C=O) groups excluding carboxylic acids is 1. The highest BCUT2D eigenvalue weighted by Gasteiger charge is 2.49. The summed E-state index contributed by atoms with van der Waals surface area (Å²) in [5.74, 6) is 2.41. The average molecular weight is 458 g/mol. The number of benzene rings is 1. The highest BCUT2D eigenvalue weighted by molar-refractivity contribution is 6.05. The number of carbonyl (C=O) groups is 1. The number of nitrogens with one attached hydrogen (secondary N) is 2. The van der Waals surface area contributed by atoms with Gasteiger partial charge in [0.15, 0.2) is 5.58 Å². The molecule has 2 N–H and O–H groups in total. The summed E-state index contributed by atoms with van der Waals surface area (Å²) in [4.78, 5) is 42.5. The van der Waals surface area contributed by atoms with Crippen LogP contribution in [0.5, 0.6) is 11.6 Å². The Bertz CT molecular complexity index is 1500. The first kappa shape index (κ1) is 20.4. The minimum absolute atomic E-state index is 0.0194. The molecule has 3 aromatic heterocycles. The quantitative estimate of drug-likeness (QED) is 0.479. The van der Waals surface area contributed by atoms with Gasteiger partial charge in [-0.05, 0) is 44.4 Å². The predicted octanol–water partition coefficient (Wildman–Crippen LogP) is 3.21. The van der Waals surface area contributed by atoms with Crippen molar-refractivity contribution in [1.82, 2.24) is 19.9 Å². The number of aromatic nitrogens is 4. The van der Waals surface area contributed by atoms with E-state index >= 15 is 0 Å².